The molecule has 5 aromatic carbocycles. The second-order valence-electron chi connectivity index (χ2n) is 8.21. The number of nitrogens with zero attached hydrogens (tertiary/aromatic N) is 1. The quantitative estimate of drug-likeness (QED) is 0.261. The van der Waals surface area contributed by atoms with Crippen LogP contribution in [0.25, 0.3) is 58.8 Å². The predicted octanol–water partition coefficient (Wildman–Crippen LogP) is 8.82. The van der Waals surface area contributed by atoms with E-state index in [4.69, 9.17) is 0 Å². The van der Waals surface area contributed by atoms with E-state index in [0.29, 0.717) is 0 Å². The first-order valence-corrected chi connectivity index (χ1v) is 11.7. The first kappa shape index (κ1) is 17.8. The summed E-state index contributed by atoms with van der Waals surface area (Å²) in [6.45, 7) is 0. The standard InChI is InChI=1S/C30H19NS/c1-2-9-20(10-3-1)21-11-8-12-22(19-21)31-27-15-6-4-13-23(27)25-17-18-26-24-14-5-7-16-28(24)32-30(26)29(25)31/h1-19H. The highest BCUT2D eigenvalue weighted by Gasteiger charge is 2.17. The van der Waals surface area contributed by atoms with Crippen LogP contribution in [0.15, 0.2) is 115 Å². The van der Waals surface area contributed by atoms with Gasteiger partial charge in [0.05, 0.1) is 15.7 Å². The zero-order valence-electron chi connectivity index (χ0n) is 17.3. The fourth-order valence-electron chi connectivity index (χ4n) is 4.95. The van der Waals surface area contributed by atoms with Crippen molar-refractivity contribution in [1.29, 1.82) is 0 Å². The molecule has 0 radical (unpaired) electrons. The van der Waals surface area contributed by atoms with Crippen molar-refractivity contribution in [3.05, 3.63) is 115 Å². The molecule has 1 nitrogen and oxygen atoms in total. The number of fused-ring (bicyclic) bond motifs is 7. The minimum atomic E-state index is 1.20. The summed E-state index contributed by atoms with van der Waals surface area (Å²) >= 11 is 1.89. The molecule has 2 heteroatoms. The Morgan fingerprint density at radius 1 is 0.500 bits per heavy atom. The second-order valence-corrected chi connectivity index (χ2v) is 9.26. The van der Waals surface area contributed by atoms with Gasteiger partial charge in [0.25, 0.3) is 0 Å². The number of benzene rings is 5. The fourth-order valence-corrected chi connectivity index (χ4v) is 6.19. The Kier molecular flexibility index (Phi) is 3.78. The number of thiophene rings is 1. The van der Waals surface area contributed by atoms with Crippen LogP contribution in [-0.4, -0.2) is 4.57 Å². The largest absolute Gasteiger partial charge is 0.308 e. The van der Waals surface area contributed by atoms with E-state index in [0.717, 1.165) is 0 Å². The van der Waals surface area contributed by atoms with Gasteiger partial charge in [-0.1, -0.05) is 91.0 Å². The number of rotatable bonds is 2. The SMILES string of the molecule is c1ccc(-c2cccc(-n3c4ccccc4c4ccc5c6ccccc6sc5c43)c2)cc1. The molecular weight excluding hydrogens is 406 g/mol. The van der Waals surface area contributed by atoms with Gasteiger partial charge in [-0.15, -0.1) is 11.3 Å². The Morgan fingerprint density at radius 3 is 2.12 bits per heavy atom. The third-order valence-corrected chi connectivity index (χ3v) is 7.58. The summed E-state index contributed by atoms with van der Waals surface area (Å²) in [7, 11) is 0. The van der Waals surface area contributed by atoms with Crippen LogP contribution >= 0.6 is 11.3 Å². The number of hydrogen-bond donors (Lipinski definition) is 0. The smallest absolute Gasteiger partial charge is 0.0719 e. The van der Waals surface area contributed by atoms with Crippen molar-refractivity contribution >= 4 is 53.3 Å². The molecule has 0 bridgehead atoms. The fraction of sp³-hybridized carbons (Fsp3) is 0. The van der Waals surface area contributed by atoms with Crippen molar-refractivity contribution in [2.45, 2.75) is 0 Å². The van der Waals surface area contributed by atoms with Crippen LogP contribution in [0, 0.1) is 0 Å². The molecular formula is C30H19NS. The maximum absolute atomic E-state index is 2.45. The Hall–Kier alpha value is -3.88. The normalized spacial score (nSPS) is 11.8. The van der Waals surface area contributed by atoms with Crippen molar-refractivity contribution in [3.63, 3.8) is 0 Å². The molecule has 0 spiro atoms. The van der Waals surface area contributed by atoms with E-state index in [1.54, 1.807) is 0 Å². The Morgan fingerprint density at radius 2 is 1.22 bits per heavy atom. The van der Waals surface area contributed by atoms with Gasteiger partial charge in [0.2, 0.25) is 0 Å². The van der Waals surface area contributed by atoms with Crippen LogP contribution in [0.5, 0.6) is 0 Å². The second kappa shape index (κ2) is 6.81. The third kappa shape index (κ3) is 2.50. The van der Waals surface area contributed by atoms with Crippen LogP contribution in [0.4, 0.5) is 0 Å². The van der Waals surface area contributed by atoms with E-state index in [9.17, 15) is 0 Å². The molecule has 0 fully saturated rings. The van der Waals surface area contributed by atoms with Gasteiger partial charge in [0.15, 0.2) is 0 Å². The number of hydrogen-bond acceptors (Lipinski definition) is 1. The van der Waals surface area contributed by atoms with Gasteiger partial charge in [-0.05, 0) is 35.4 Å². The Bertz CT molecular complexity index is 1770. The van der Waals surface area contributed by atoms with Gasteiger partial charge in [-0.25, -0.2) is 0 Å². The molecule has 0 saturated heterocycles. The topological polar surface area (TPSA) is 4.93 Å². The minimum absolute atomic E-state index is 1.20. The lowest BCUT2D eigenvalue weighted by Gasteiger charge is -2.11. The van der Waals surface area contributed by atoms with Crippen molar-refractivity contribution in [3.8, 4) is 16.8 Å². The van der Waals surface area contributed by atoms with Gasteiger partial charge >= 0.3 is 0 Å². The third-order valence-electron chi connectivity index (χ3n) is 6.39. The average molecular weight is 426 g/mol. The van der Waals surface area contributed by atoms with Crippen LogP contribution in [-0.2, 0) is 0 Å². The summed E-state index contributed by atoms with van der Waals surface area (Å²) in [5.41, 5.74) is 6.22. The first-order valence-electron chi connectivity index (χ1n) is 10.9. The van der Waals surface area contributed by atoms with E-state index in [1.807, 2.05) is 11.3 Å². The van der Waals surface area contributed by atoms with Crippen LogP contribution in [0.2, 0.25) is 0 Å². The van der Waals surface area contributed by atoms with Gasteiger partial charge in [0, 0.05) is 31.9 Å². The predicted molar refractivity (Wildman–Crippen MR) is 139 cm³/mol. The van der Waals surface area contributed by atoms with Crippen molar-refractivity contribution < 1.29 is 0 Å². The zero-order valence-corrected chi connectivity index (χ0v) is 18.1. The lowest BCUT2D eigenvalue weighted by molar-refractivity contribution is 1.19. The minimum Gasteiger partial charge on any atom is -0.308 e. The van der Waals surface area contributed by atoms with Crippen molar-refractivity contribution in [1.82, 2.24) is 4.57 Å². The summed E-state index contributed by atoms with van der Waals surface area (Å²) in [6.07, 6.45) is 0. The molecule has 32 heavy (non-hydrogen) atoms. The molecule has 2 aromatic heterocycles. The molecule has 0 unspecified atom stereocenters. The molecule has 0 atom stereocenters. The lowest BCUT2D eigenvalue weighted by Crippen LogP contribution is -1.94. The number of para-hydroxylation sites is 1. The van der Waals surface area contributed by atoms with Gasteiger partial charge in [0.1, 0.15) is 0 Å². The van der Waals surface area contributed by atoms with Gasteiger partial charge < -0.3 is 4.57 Å². The van der Waals surface area contributed by atoms with E-state index >= 15 is 0 Å². The van der Waals surface area contributed by atoms with E-state index in [-0.39, 0.29) is 0 Å². The summed E-state index contributed by atoms with van der Waals surface area (Å²) in [5.74, 6) is 0. The highest BCUT2D eigenvalue weighted by atomic mass is 32.1. The van der Waals surface area contributed by atoms with Gasteiger partial charge in [-0.3, -0.25) is 0 Å². The van der Waals surface area contributed by atoms with Gasteiger partial charge in [-0.2, -0.15) is 0 Å². The van der Waals surface area contributed by atoms with Crippen LogP contribution < -0.4 is 0 Å². The molecule has 0 aliphatic carbocycles. The van der Waals surface area contributed by atoms with Crippen LogP contribution in [0.3, 0.4) is 0 Å². The summed E-state index contributed by atoms with van der Waals surface area (Å²) in [4.78, 5) is 0. The highest BCUT2D eigenvalue weighted by molar-refractivity contribution is 7.26. The van der Waals surface area contributed by atoms with E-state index < -0.39 is 0 Å². The number of aromatic nitrogens is 1. The zero-order chi connectivity index (χ0) is 21.1. The van der Waals surface area contributed by atoms with Crippen molar-refractivity contribution in [2.24, 2.45) is 0 Å². The maximum atomic E-state index is 2.45. The van der Waals surface area contributed by atoms with Crippen LogP contribution in [0.1, 0.15) is 0 Å². The van der Waals surface area contributed by atoms with Crippen molar-refractivity contribution in [2.75, 3.05) is 0 Å². The molecule has 7 rings (SSSR count). The first-order chi connectivity index (χ1) is 15.9. The molecule has 2 heterocycles. The molecule has 7 aromatic rings. The van der Waals surface area contributed by atoms with E-state index in [2.05, 4.69) is 120 Å². The monoisotopic (exact) mass is 425 g/mol. The Balaban J connectivity index is 1.63. The molecule has 150 valence electrons. The maximum Gasteiger partial charge on any atom is 0.0719 e. The average Bonchev–Trinajstić information content (AvgIpc) is 3.41. The highest BCUT2D eigenvalue weighted by Crippen LogP contribution is 2.43. The van der Waals surface area contributed by atoms with E-state index in [1.165, 1.54) is 58.8 Å². The molecule has 0 aliphatic rings. The molecule has 0 aliphatic heterocycles. The Labute approximate surface area is 189 Å². The molecule has 0 amide bonds. The molecule has 0 N–H and O–H groups in total. The molecule has 0 saturated carbocycles. The lowest BCUT2D eigenvalue weighted by atomic mass is 10.1. The summed E-state index contributed by atoms with van der Waals surface area (Å²) in [5, 5.41) is 5.28. The summed E-state index contributed by atoms with van der Waals surface area (Å²) in [6, 6.07) is 41.6. The summed E-state index contributed by atoms with van der Waals surface area (Å²) < 4.78 is 5.14.